The van der Waals surface area contributed by atoms with Gasteiger partial charge in [0.05, 0.1) is 10.6 Å². The summed E-state index contributed by atoms with van der Waals surface area (Å²) in [5.41, 5.74) is 6.72. The molecule has 1 aromatic carbocycles. The fraction of sp³-hybridized carbons (Fsp3) is 0.0769. The summed E-state index contributed by atoms with van der Waals surface area (Å²) in [5.74, 6) is -0.316. The quantitative estimate of drug-likeness (QED) is 0.912. The largest absolute Gasteiger partial charge is 0.324 e. The lowest BCUT2D eigenvalue weighted by molar-refractivity contribution is -0.117. The first-order valence-corrected chi connectivity index (χ1v) is 6.67. The molecule has 1 aromatic heterocycles. The predicted molar refractivity (Wildman–Crippen MR) is 76.0 cm³/mol. The minimum absolute atomic E-state index is 0.296. The molecular formula is C13H10ClN3OS. The number of hydrogen-bond donors (Lipinski definition) is 2. The van der Waals surface area contributed by atoms with Crippen LogP contribution in [0.1, 0.15) is 16.5 Å². The van der Waals surface area contributed by atoms with Gasteiger partial charge in [0.2, 0.25) is 5.91 Å². The second-order valence-corrected chi connectivity index (χ2v) is 5.18. The number of carbonyl (C=O) groups is 1. The average Bonchev–Trinajstić information content (AvgIpc) is 2.92. The van der Waals surface area contributed by atoms with Gasteiger partial charge in [0.15, 0.2) is 0 Å². The topological polar surface area (TPSA) is 78.9 Å². The Morgan fingerprint density at radius 2 is 2.26 bits per heavy atom. The van der Waals surface area contributed by atoms with Crippen LogP contribution in [0.4, 0.5) is 5.69 Å². The van der Waals surface area contributed by atoms with E-state index < -0.39 is 6.04 Å². The fourth-order valence-corrected chi connectivity index (χ4v) is 2.45. The number of carbonyl (C=O) groups excluding carboxylic acids is 1. The number of hydrogen-bond acceptors (Lipinski definition) is 4. The number of thiophene rings is 1. The van der Waals surface area contributed by atoms with Crippen molar-refractivity contribution < 1.29 is 4.79 Å². The van der Waals surface area contributed by atoms with Crippen molar-refractivity contribution in [2.24, 2.45) is 5.73 Å². The minimum Gasteiger partial charge on any atom is -0.324 e. The number of halogens is 1. The van der Waals surface area contributed by atoms with E-state index in [1.165, 1.54) is 17.4 Å². The summed E-state index contributed by atoms with van der Waals surface area (Å²) in [6, 6.07) is 9.58. The van der Waals surface area contributed by atoms with E-state index >= 15 is 0 Å². The second-order valence-electron chi connectivity index (χ2n) is 3.79. The van der Waals surface area contributed by atoms with Crippen LogP contribution in [0.5, 0.6) is 0 Å². The Kier molecular flexibility index (Phi) is 4.17. The molecule has 0 fully saturated rings. The Balaban J connectivity index is 2.11. The number of amides is 1. The van der Waals surface area contributed by atoms with Crippen LogP contribution in [0.3, 0.4) is 0 Å². The third-order valence-corrected chi connectivity index (χ3v) is 3.76. The van der Waals surface area contributed by atoms with Crippen molar-refractivity contribution in [3.05, 3.63) is 51.2 Å². The first-order valence-electron chi connectivity index (χ1n) is 5.41. The molecule has 6 heteroatoms. The maximum Gasteiger partial charge on any atom is 0.246 e. The molecule has 1 heterocycles. The van der Waals surface area contributed by atoms with Gasteiger partial charge in [-0.1, -0.05) is 17.7 Å². The molecule has 0 aliphatic rings. The summed E-state index contributed by atoms with van der Waals surface area (Å²) in [4.78, 5) is 12.7. The molecule has 2 rings (SSSR count). The number of rotatable bonds is 3. The maximum atomic E-state index is 11.9. The molecule has 0 spiro atoms. The second kappa shape index (κ2) is 5.85. The van der Waals surface area contributed by atoms with E-state index in [1.807, 2.05) is 17.5 Å². The van der Waals surface area contributed by atoms with Crippen LogP contribution >= 0.6 is 22.9 Å². The zero-order valence-electron chi connectivity index (χ0n) is 9.76. The van der Waals surface area contributed by atoms with Crippen molar-refractivity contribution in [2.45, 2.75) is 6.04 Å². The van der Waals surface area contributed by atoms with Gasteiger partial charge < -0.3 is 11.1 Å². The molecule has 2 aromatic rings. The van der Waals surface area contributed by atoms with Gasteiger partial charge in [-0.05, 0) is 29.6 Å². The van der Waals surface area contributed by atoms with Crippen molar-refractivity contribution >= 4 is 34.5 Å². The van der Waals surface area contributed by atoms with Crippen LogP contribution in [0.2, 0.25) is 5.02 Å². The molecular weight excluding hydrogens is 282 g/mol. The lowest BCUT2D eigenvalue weighted by Gasteiger charge is -2.11. The summed E-state index contributed by atoms with van der Waals surface area (Å²) in [7, 11) is 0. The van der Waals surface area contributed by atoms with Gasteiger partial charge in [0.25, 0.3) is 0 Å². The highest BCUT2D eigenvalue weighted by molar-refractivity contribution is 7.10. The maximum absolute atomic E-state index is 11.9. The Morgan fingerprint density at radius 3 is 2.84 bits per heavy atom. The van der Waals surface area contributed by atoms with E-state index in [4.69, 9.17) is 22.6 Å². The molecule has 0 saturated heterocycles. The summed E-state index contributed by atoms with van der Waals surface area (Å²) < 4.78 is 0. The zero-order chi connectivity index (χ0) is 13.8. The highest BCUT2D eigenvalue weighted by atomic mass is 35.5. The molecule has 1 unspecified atom stereocenters. The van der Waals surface area contributed by atoms with Crippen LogP contribution < -0.4 is 11.1 Å². The Morgan fingerprint density at radius 1 is 1.47 bits per heavy atom. The number of nitrogens with zero attached hydrogens (tertiary/aromatic N) is 1. The normalized spacial score (nSPS) is 11.6. The number of nitrogens with one attached hydrogen (secondary N) is 1. The minimum atomic E-state index is -0.714. The standard InChI is InChI=1S/C13H10ClN3OS/c14-10-6-9(4-3-8(10)7-15)17-13(18)12(16)11-2-1-5-19-11/h1-6,12H,16H2,(H,17,18). The number of nitrogens with two attached hydrogens (primary N) is 1. The Labute approximate surface area is 119 Å². The van der Waals surface area contributed by atoms with Crippen molar-refractivity contribution in [2.75, 3.05) is 5.32 Å². The summed E-state index contributed by atoms with van der Waals surface area (Å²) in [5, 5.41) is 13.6. The summed E-state index contributed by atoms with van der Waals surface area (Å²) in [6.45, 7) is 0. The van der Waals surface area contributed by atoms with E-state index in [-0.39, 0.29) is 5.91 Å². The molecule has 1 amide bonds. The van der Waals surface area contributed by atoms with Gasteiger partial charge in [0.1, 0.15) is 12.1 Å². The number of nitriles is 1. The molecule has 4 nitrogen and oxygen atoms in total. The van der Waals surface area contributed by atoms with Crippen LogP contribution in [0.25, 0.3) is 0 Å². The Bertz CT molecular complexity index is 634. The lowest BCUT2D eigenvalue weighted by Crippen LogP contribution is -2.26. The van der Waals surface area contributed by atoms with Crippen molar-refractivity contribution in [3.63, 3.8) is 0 Å². The lowest BCUT2D eigenvalue weighted by atomic mass is 10.2. The molecule has 0 aliphatic heterocycles. The van der Waals surface area contributed by atoms with E-state index in [2.05, 4.69) is 5.32 Å². The highest BCUT2D eigenvalue weighted by Crippen LogP contribution is 2.22. The van der Waals surface area contributed by atoms with Crippen LogP contribution in [0, 0.1) is 11.3 Å². The third-order valence-electron chi connectivity index (χ3n) is 2.49. The predicted octanol–water partition coefficient (Wildman–Crippen LogP) is 2.91. The molecule has 0 bridgehead atoms. The van der Waals surface area contributed by atoms with E-state index in [0.29, 0.717) is 16.3 Å². The van der Waals surface area contributed by atoms with Crippen molar-refractivity contribution in [1.29, 1.82) is 5.26 Å². The monoisotopic (exact) mass is 291 g/mol. The highest BCUT2D eigenvalue weighted by Gasteiger charge is 2.17. The third kappa shape index (κ3) is 3.12. The SMILES string of the molecule is N#Cc1ccc(NC(=O)C(N)c2cccs2)cc1Cl. The van der Waals surface area contributed by atoms with Crippen molar-refractivity contribution in [1.82, 2.24) is 0 Å². The first kappa shape index (κ1) is 13.6. The van der Waals surface area contributed by atoms with Crippen LogP contribution in [-0.2, 0) is 4.79 Å². The van der Waals surface area contributed by atoms with E-state index in [9.17, 15) is 4.79 Å². The fourth-order valence-electron chi connectivity index (χ4n) is 1.50. The van der Waals surface area contributed by atoms with Gasteiger partial charge in [-0.2, -0.15) is 5.26 Å². The van der Waals surface area contributed by atoms with E-state index in [1.54, 1.807) is 18.2 Å². The molecule has 19 heavy (non-hydrogen) atoms. The molecule has 0 radical (unpaired) electrons. The average molecular weight is 292 g/mol. The van der Waals surface area contributed by atoms with Gasteiger partial charge in [-0.25, -0.2) is 0 Å². The molecule has 0 aliphatic carbocycles. The first-order chi connectivity index (χ1) is 9.11. The number of benzene rings is 1. The van der Waals surface area contributed by atoms with Gasteiger partial charge in [0, 0.05) is 10.6 Å². The van der Waals surface area contributed by atoms with Crippen molar-refractivity contribution in [3.8, 4) is 6.07 Å². The van der Waals surface area contributed by atoms with Gasteiger partial charge >= 0.3 is 0 Å². The van der Waals surface area contributed by atoms with E-state index in [0.717, 1.165) is 4.88 Å². The summed E-state index contributed by atoms with van der Waals surface area (Å²) in [6.07, 6.45) is 0. The molecule has 0 saturated carbocycles. The van der Waals surface area contributed by atoms with Gasteiger partial charge in [-0.15, -0.1) is 11.3 Å². The number of anilines is 1. The molecule has 1 atom stereocenters. The summed E-state index contributed by atoms with van der Waals surface area (Å²) >= 11 is 7.31. The van der Waals surface area contributed by atoms with Crippen LogP contribution in [0.15, 0.2) is 35.7 Å². The zero-order valence-corrected chi connectivity index (χ0v) is 11.3. The van der Waals surface area contributed by atoms with Gasteiger partial charge in [-0.3, -0.25) is 4.79 Å². The van der Waals surface area contributed by atoms with Crippen LogP contribution in [-0.4, -0.2) is 5.91 Å². The Hall–Kier alpha value is -1.87. The molecule has 3 N–H and O–H groups in total. The molecule has 96 valence electrons. The smallest absolute Gasteiger partial charge is 0.246 e.